The summed E-state index contributed by atoms with van der Waals surface area (Å²) in [5.41, 5.74) is 2.01. The lowest BCUT2D eigenvalue weighted by Crippen LogP contribution is -2.14. The van der Waals surface area contributed by atoms with Gasteiger partial charge in [-0.15, -0.1) is 11.3 Å². The van der Waals surface area contributed by atoms with Crippen LogP contribution in [0.2, 0.25) is 0 Å². The first-order chi connectivity index (χ1) is 13.8. The summed E-state index contributed by atoms with van der Waals surface area (Å²) in [5, 5.41) is 10.6. The van der Waals surface area contributed by atoms with Gasteiger partial charge in [-0.25, -0.2) is 9.78 Å². The van der Waals surface area contributed by atoms with E-state index < -0.39 is 16.0 Å². The van der Waals surface area contributed by atoms with Crippen LogP contribution < -0.4 is 9.46 Å². The maximum Gasteiger partial charge on any atom is 0.335 e. The van der Waals surface area contributed by atoms with Crippen molar-refractivity contribution in [1.29, 1.82) is 0 Å². The zero-order valence-electron chi connectivity index (χ0n) is 15.5. The fourth-order valence-electron chi connectivity index (χ4n) is 2.31. The van der Waals surface area contributed by atoms with Gasteiger partial charge in [0, 0.05) is 10.9 Å². The quantitative estimate of drug-likeness (QED) is 0.604. The van der Waals surface area contributed by atoms with Gasteiger partial charge < -0.3 is 9.84 Å². The molecule has 0 radical (unpaired) electrons. The van der Waals surface area contributed by atoms with Gasteiger partial charge in [-0.05, 0) is 43.2 Å². The Balaban J connectivity index is 1.83. The van der Waals surface area contributed by atoms with Crippen molar-refractivity contribution in [3.05, 3.63) is 69.5 Å². The zero-order chi connectivity index (χ0) is 21.0. The summed E-state index contributed by atoms with van der Waals surface area (Å²) in [5.74, 6) is 4.74. The topological polar surface area (TPSA) is 106 Å². The van der Waals surface area contributed by atoms with E-state index in [4.69, 9.17) is 9.84 Å². The largest absolute Gasteiger partial charge is 0.495 e. The van der Waals surface area contributed by atoms with Crippen LogP contribution in [0.1, 0.15) is 26.5 Å². The predicted molar refractivity (Wildman–Crippen MR) is 110 cm³/mol. The number of aromatic nitrogens is 1. The normalized spacial score (nSPS) is 10.7. The summed E-state index contributed by atoms with van der Waals surface area (Å²) in [7, 11) is -2.67. The number of aromatic carboxylic acids is 1. The number of carboxylic acid groups (broad SMARTS) is 1. The van der Waals surface area contributed by atoms with Gasteiger partial charge in [0.15, 0.2) is 10.0 Å². The van der Waals surface area contributed by atoms with Gasteiger partial charge >= 0.3 is 5.97 Å². The molecule has 0 saturated heterocycles. The molecule has 0 aliphatic heterocycles. The molecule has 7 nitrogen and oxygen atoms in total. The van der Waals surface area contributed by atoms with E-state index in [1.807, 2.05) is 31.2 Å². The lowest BCUT2D eigenvalue weighted by atomic mass is 10.2. The number of aryl methyl sites for hydroxylation is 1. The van der Waals surface area contributed by atoms with Crippen LogP contribution in [0, 0.1) is 18.8 Å². The number of methoxy groups -OCH3 is 1. The third-order valence-corrected chi connectivity index (χ3v) is 5.97. The van der Waals surface area contributed by atoms with Crippen LogP contribution >= 0.6 is 11.3 Å². The average Bonchev–Trinajstić information content (AvgIpc) is 3.17. The molecule has 3 aromatic rings. The Labute approximate surface area is 172 Å². The minimum atomic E-state index is -3.99. The number of thiazole rings is 1. The highest BCUT2D eigenvalue weighted by atomic mass is 32.2. The summed E-state index contributed by atoms with van der Waals surface area (Å²) >= 11 is 1.11. The Kier molecular flexibility index (Phi) is 5.87. The molecule has 0 spiro atoms. The molecule has 29 heavy (non-hydrogen) atoms. The highest BCUT2D eigenvalue weighted by Gasteiger charge is 2.20. The monoisotopic (exact) mass is 428 g/mol. The average molecular weight is 428 g/mol. The van der Waals surface area contributed by atoms with E-state index >= 15 is 0 Å². The molecule has 1 heterocycles. The van der Waals surface area contributed by atoms with E-state index in [2.05, 4.69) is 21.5 Å². The van der Waals surface area contributed by atoms with E-state index in [0.717, 1.165) is 22.5 Å². The third kappa shape index (κ3) is 4.93. The Morgan fingerprint density at radius 3 is 2.55 bits per heavy atom. The van der Waals surface area contributed by atoms with Crippen molar-refractivity contribution in [3.63, 3.8) is 0 Å². The first-order valence-electron chi connectivity index (χ1n) is 8.27. The smallest absolute Gasteiger partial charge is 0.335 e. The van der Waals surface area contributed by atoms with E-state index in [1.54, 1.807) is 0 Å². The summed E-state index contributed by atoms with van der Waals surface area (Å²) in [6.45, 7) is 1.98. The summed E-state index contributed by atoms with van der Waals surface area (Å²) < 4.78 is 32.7. The van der Waals surface area contributed by atoms with E-state index in [1.165, 1.54) is 30.7 Å². The van der Waals surface area contributed by atoms with E-state index in [9.17, 15) is 13.2 Å². The van der Waals surface area contributed by atoms with Gasteiger partial charge in [0.25, 0.3) is 10.0 Å². The molecular weight excluding hydrogens is 412 g/mol. The number of hydrogen-bond donors (Lipinski definition) is 2. The highest BCUT2D eigenvalue weighted by molar-refractivity contribution is 7.92. The van der Waals surface area contributed by atoms with Crippen molar-refractivity contribution in [2.45, 2.75) is 11.9 Å². The molecule has 0 amide bonds. The van der Waals surface area contributed by atoms with Gasteiger partial charge in [-0.1, -0.05) is 23.6 Å². The van der Waals surface area contributed by atoms with Crippen molar-refractivity contribution >= 4 is 33.0 Å². The lowest BCUT2D eigenvalue weighted by molar-refractivity contribution is 0.0696. The Morgan fingerprint density at radius 2 is 1.90 bits per heavy atom. The van der Waals surface area contributed by atoms with Gasteiger partial charge in [0.1, 0.15) is 5.75 Å². The van der Waals surface area contributed by atoms with E-state index in [-0.39, 0.29) is 22.0 Å². The first kappa shape index (κ1) is 20.4. The molecule has 0 saturated carbocycles. The van der Waals surface area contributed by atoms with Crippen molar-refractivity contribution in [1.82, 2.24) is 4.98 Å². The number of ether oxygens (including phenoxy) is 1. The summed E-state index contributed by atoms with van der Waals surface area (Å²) in [6, 6.07) is 11.5. The number of carbonyl (C=O) groups is 1. The lowest BCUT2D eigenvalue weighted by Gasteiger charge is -2.11. The van der Waals surface area contributed by atoms with Crippen LogP contribution in [-0.4, -0.2) is 31.6 Å². The van der Waals surface area contributed by atoms with Crippen molar-refractivity contribution in [2.75, 3.05) is 11.8 Å². The fraction of sp³-hybridized carbons (Fsp3) is 0.100. The van der Waals surface area contributed by atoms with Crippen LogP contribution in [0.15, 0.2) is 52.9 Å². The molecule has 3 rings (SSSR count). The Bertz CT molecular complexity index is 1220. The number of hydrogen-bond acceptors (Lipinski definition) is 6. The maximum absolute atomic E-state index is 12.6. The van der Waals surface area contributed by atoms with Gasteiger partial charge in [0.2, 0.25) is 0 Å². The molecule has 0 aliphatic rings. The van der Waals surface area contributed by atoms with Gasteiger partial charge in [-0.2, -0.15) is 8.42 Å². The number of rotatable bonds is 5. The second-order valence-corrected chi connectivity index (χ2v) is 8.42. The number of anilines is 1. The number of nitrogens with one attached hydrogen (secondary N) is 1. The SMILES string of the molecule is COc1cc(C(=O)O)ccc1NS(=O)(=O)c1csc(C#Cc2ccc(C)cc2)n1. The Morgan fingerprint density at radius 1 is 1.17 bits per heavy atom. The maximum atomic E-state index is 12.6. The number of nitrogens with zero attached hydrogens (tertiary/aromatic N) is 1. The molecule has 0 atom stereocenters. The highest BCUT2D eigenvalue weighted by Crippen LogP contribution is 2.28. The number of sulfonamides is 1. The second kappa shape index (κ2) is 8.34. The molecule has 0 fully saturated rings. The van der Waals surface area contributed by atoms with Crippen LogP contribution in [0.25, 0.3) is 0 Å². The molecule has 2 N–H and O–H groups in total. The third-order valence-electron chi connectivity index (χ3n) is 3.82. The fourth-order valence-corrected chi connectivity index (χ4v) is 4.32. The van der Waals surface area contributed by atoms with Crippen LogP contribution in [0.5, 0.6) is 5.75 Å². The number of carboxylic acids is 1. The molecule has 0 aliphatic carbocycles. The number of benzene rings is 2. The molecular formula is C20H16N2O5S2. The molecule has 1 aromatic heterocycles. The van der Waals surface area contributed by atoms with Crippen molar-refractivity contribution in [3.8, 4) is 17.6 Å². The molecule has 0 bridgehead atoms. The summed E-state index contributed by atoms with van der Waals surface area (Å²) in [4.78, 5) is 15.1. The van der Waals surface area contributed by atoms with Crippen LogP contribution in [0.4, 0.5) is 5.69 Å². The molecule has 2 aromatic carbocycles. The molecule has 0 unspecified atom stereocenters. The van der Waals surface area contributed by atoms with Crippen LogP contribution in [-0.2, 0) is 10.0 Å². The first-order valence-corrected chi connectivity index (χ1v) is 10.6. The minimum Gasteiger partial charge on any atom is -0.495 e. The molecule has 9 heteroatoms. The van der Waals surface area contributed by atoms with Gasteiger partial charge in [-0.3, -0.25) is 4.72 Å². The van der Waals surface area contributed by atoms with Crippen molar-refractivity contribution in [2.24, 2.45) is 0 Å². The van der Waals surface area contributed by atoms with Crippen molar-refractivity contribution < 1.29 is 23.1 Å². The molecule has 148 valence electrons. The van der Waals surface area contributed by atoms with E-state index in [0.29, 0.717) is 5.01 Å². The minimum absolute atomic E-state index is 0.0212. The van der Waals surface area contributed by atoms with Gasteiger partial charge in [0.05, 0.1) is 18.4 Å². The predicted octanol–water partition coefficient (Wildman–Crippen LogP) is 3.36. The van der Waals surface area contributed by atoms with Crippen LogP contribution in [0.3, 0.4) is 0 Å². The second-order valence-electron chi connectivity index (χ2n) is 5.93. The summed E-state index contributed by atoms with van der Waals surface area (Å²) in [6.07, 6.45) is 0. The zero-order valence-corrected chi connectivity index (χ0v) is 17.1. The Hall–Kier alpha value is -3.35. The standard InChI is InChI=1S/C20H16N2O5S2/c1-13-3-5-14(6-4-13)7-10-18-21-19(12-28-18)29(25,26)22-16-9-8-15(20(23)24)11-17(16)27-2/h3-6,8-9,11-12,22H,1-2H3,(H,23,24).